The number of hydrogen-bond acceptors (Lipinski definition) is 3. The Morgan fingerprint density at radius 3 is 2.58 bits per heavy atom. The molecule has 0 aromatic heterocycles. The van der Waals surface area contributed by atoms with Gasteiger partial charge in [-0.25, -0.2) is 4.79 Å². The van der Waals surface area contributed by atoms with Crippen molar-refractivity contribution in [3.8, 4) is 0 Å². The molecule has 0 N–H and O–H groups in total. The van der Waals surface area contributed by atoms with Crippen molar-refractivity contribution in [3.63, 3.8) is 0 Å². The lowest BCUT2D eigenvalue weighted by Gasteiger charge is -2.06. The van der Waals surface area contributed by atoms with Crippen LogP contribution in [-0.4, -0.2) is 31.9 Å². The van der Waals surface area contributed by atoms with Gasteiger partial charge in [0.15, 0.2) is 18.8 Å². The van der Waals surface area contributed by atoms with Crippen molar-refractivity contribution in [2.75, 3.05) is 7.11 Å². The van der Waals surface area contributed by atoms with Gasteiger partial charge in [-0.1, -0.05) is 6.58 Å². The highest BCUT2D eigenvalue weighted by atomic mass is 28.3. The van der Waals surface area contributed by atoms with Gasteiger partial charge in [0.2, 0.25) is 0 Å². The number of esters is 1. The molecular weight excluding hydrogens is 188 g/mol. The number of methoxy groups -OCH3 is 1. The van der Waals surface area contributed by atoms with E-state index in [-0.39, 0.29) is 5.97 Å². The second-order valence-electron chi connectivity index (χ2n) is 2.76. The second kappa shape index (κ2) is 6.16. The smallest absolute Gasteiger partial charge is 0.332 e. The Kier molecular flexibility index (Phi) is 5.95. The number of carbonyl (C=O) groups excluding carboxylic acids is 1. The molecule has 0 atom stereocenters. The first-order chi connectivity index (χ1) is 5.57. The van der Waals surface area contributed by atoms with E-state index in [1.165, 1.54) is 7.11 Å². The zero-order valence-corrected chi connectivity index (χ0v) is 10.5. The molecule has 0 rings (SSSR count). The van der Waals surface area contributed by atoms with Crippen molar-refractivity contribution in [3.05, 3.63) is 12.2 Å². The van der Waals surface area contributed by atoms with Crippen molar-refractivity contribution < 1.29 is 13.6 Å². The van der Waals surface area contributed by atoms with E-state index < -0.39 is 18.8 Å². The third kappa shape index (κ3) is 5.28. The summed E-state index contributed by atoms with van der Waals surface area (Å²) in [4.78, 5) is 10.8. The molecule has 0 saturated heterocycles. The number of ether oxygens (including phenoxy) is 1. The fourth-order valence-electron chi connectivity index (χ4n) is 0.664. The van der Waals surface area contributed by atoms with Crippen molar-refractivity contribution in [1.82, 2.24) is 0 Å². The Labute approximate surface area is 77.4 Å². The number of carbonyl (C=O) groups is 1. The van der Waals surface area contributed by atoms with Crippen LogP contribution in [0.2, 0.25) is 19.1 Å². The summed E-state index contributed by atoms with van der Waals surface area (Å²) in [6.45, 7) is 7.86. The molecule has 0 heterocycles. The molecule has 0 fully saturated rings. The molecule has 0 aliphatic carbocycles. The van der Waals surface area contributed by atoms with Crippen molar-refractivity contribution in [2.24, 2.45) is 0 Å². The molecule has 0 aliphatic heterocycles. The van der Waals surface area contributed by atoms with Gasteiger partial charge in [0.1, 0.15) is 0 Å². The first-order valence-electron chi connectivity index (χ1n) is 3.95. The van der Waals surface area contributed by atoms with E-state index in [4.69, 9.17) is 4.12 Å². The standard InChI is InChI=1S/C7H16O3Si2/c1-6(7(8)9-2)5-11-10-12(3)4/h12H,1,5,11H2,2-4H3. The minimum atomic E-state index is -0.901. The van der Waals surface area contributed by atoms with Gasteiger partial charge in [-0.15, -0.1) is 0 Å². The molecular formula is C7H16O3Si2. The van der Waals surface area contributed by atoms with E-state index in [0.29, 0.717) is 11.6 Å². The minimum Gasteiger partial charge on any atom is -0.466 e. The first kappa shape index (κ1) is 11.6. The summed E-state index contributed by atoms with van der Waals surface area (Å²) < 4.78 is 10.0. The highest BCUT2D eigenvalue weighted by Crippen LogP contribution is 2.00. The highest BCUT2D eigenvalue weighted by Gasteiger charge is 2.06. The van der Waals surface area contributed by atoms with E-state index in [0.717, 1.165) is 0 Å². The highest BCUT2D eigenvalue weighted by molar-refractivity contribution is 6.56. The lowest BCUT2D eigenvalue weighted by molar-refractivity contribution is -0.136. The zero-order valence-electron chi connectivity index (χ0n) is 7.92. The molecule has 5 heteroatoms. The number of hydrogen-bond donors (Lipinski definition) is 0. The third-order valence-electron chi connectivity index (χ3n) is 1.33. The van der Waals surface area contributed by atoms with Gasteiger partial charge in [0.05, 0.1) is 7.11 Å². The quantitative estimate of drug-likeness (QED) is 0.365. The Bertz CT molecular complexity index is 168. The number of rotatable bonds is 5. The maximum Gasteiger partial charge on any atom is 0.332 e. The maximum atomic E-state index is 10.8. The summed E-state index contributed by atoms with van der Waals surface area (Å²) in [5, 5.41) is 0. The zero-order chi connectivity index (χ0) is 9.56. The average Bonchev–Trinajstić information content (AvgIpc) is 2.02. The monoisotopic (exact) mass is 204 g/mol. The summed E-state index contributed by atoms with van der Waals surface area (Å²) in [6, 6.07) is 0.706. The van der Waals surface area contributed by atoms with Crippen molar-refractivity contribution in [2.45, 2.75) is 19.1 Å². The summed E-state index contributed by atoms with van der Waals surface area (Å²) in [5.74, 6) is -0.309. The lowest BCUT2D eigenvalue weighted by atomic mass is 10.4. The SMILES string of the molecule is C=C(C[SiH2]O[SiH](C)C)C(=O)OC. The topological polar surface area (TPSA) is 35.5 Å². The fraction of sp³-hybridized carbons (Fsp3) is 0.571. The van der Waals surface area contributed by atoms with Crippen LogP contribution in [0.1, 0.15) is 0 Å². The summed E-state index contributed by atoms with van der Waals surface area (Å²) in [7, 11) is -0.107. The molecule has 3 nitrogen and oxygen atoms in total. The summed E-state index contributed by atoms with van der Waals surface area (Å²) >= 11 is 0. The van der Waals surface area contributed by atoms with Gasteiger partial charge in [0.25, 0.3) is 0 Å². The van der Waals surface area contributed by atoms with Crippen LogP contribution in [0.4, 0.5) is 0 Å². The molecule has 0 spiro atoms. The second-order valence-corrected chi connectivity index (χ2v) is 7.10. The van der Waals surface area contributed by atoms with Gasteiger partial charge in [-0.05, 0) is 19.1 Å². The van der Waals surface area contributed by atoms with Gasteiger partial charge in [-0.3, -0.25) is 0 Å². The molecule has 70 valence electrons. The van der Waals surface area contributed by atoms with E-state index in [2.05, 4.69) is 24.4 Å². The van der Waals surface area contributed by atoms with Gasteiger partial charge >= 0.3 is 5.97 Å². The maximum absolute atomic E-state index is 10.8. The van der Waals surface area contributed by atoms with Crippen LogP contribution < -0.4 is 0 Å². The van der Waals surface area contributed by atoms with Crippen LogP contribution >= 0.6 is 0 Å². The molecule has 0 aromatic carbocycles. The fourth-order valence-corrected chi connectivity index (χ4v) is 3.47. The van der Waals surface area contributed by atoms with Crippen LogP contribution in [0.3, 0.4) is 0 Å². The molecule has 0 saturated carbocycles. The van der Waals surface area contributed by atoms with Crippen LogP contribution in [-0.2, 0) is 13.6 Å². The molecule has 12 heavy (non-hydrogen) atoms. The predicted molar refractivity (Wildman–Crippen MR) is 54.5 cm³/mol. The van der Waals surface area contributed by atoms with Gasteiger partial charge in [0, 0.05) is 5.57 Å². The van der Waals surface area contributed by atoms with Crippen molar-refractivity contribution in [1.29, 1.82) is 0 Å². The molecule has 0 aliphatic rings. The van der Waals surface area contributed by atoms with Crippen LogP contribution in [0, 0.1) is 0 Å². The van der Waals surface area contributed by atoms with Gasteiger partial charge < -0.3 is 8.85 Å². The van der Waals surface area contributed by atoms with E-state index in [1.807, 2.05) is 0 Å². The van der Waals surface area contributed by atoms with Crippen LogP contribution in [0.5, 0.6) is 0 Å². The molecule has 0 aromatic rings. The van der Waals surface area contributed by atoms with E-state index in [1.54, 1.807) is 0 Å². The Morgan fingerprint density at radius 2 is 2.17 bits per heavy atom. The first-order valence-corrected chi connectivity index (χ1v) is 8.31. The summed E-state index contributed by atoms with van der Waals surface area (Å²) in [6.07, 6.45) is 0. The Hall–Kier alpha value is -0.396. The van der Waals surface area contributed by atoms with Crippen LogP contribution in [0.25, 0.3) is 0 Å². The summed E-state index contributed by atoms with van der Waals surface area (Å²) in [5.41, 5.74) is 0.541. The van der Waals surface area contributed by atoms with Crippen LogP contribution in [0.15, 0.2) is 12.2 Å². The molecule has 0 radical (unpaired) electrons. The molecule has 0 unspecified atom stereocenters. The largest absolute Gasteiger partial charge is 0.466 e. The molecule has 0 amide bonds. The third-order valence-corrected chi connectivity index (χ3v) is 5.75. The Morgan fingerprint density at radius 1 is 1.58 bits per heavy atom. The molecule has 0 bridgehead atoms. The van der Waals surface area contributed by atoms with Crippen molar-refractivity contribution >= 4 is 24.8 Å². The lowest BCUT2D eigenvalue weighted by Crippen LogP contribution is -2.14. The van der Waals surface area contributed by atoms with E-state index in [9.17, 15) is 4.79 Å². The normalized spacial score (nSPS) is 11.0. The average molecular weight is 204 g/mol. The Balaban J connectivity index is 3.51. The predicted octanol–water partition coefficient (Wildman–Crippen LogP) is 0.218. The van der Waals surface area contributed by atoms with Gasteiger partial charge in [-0.2, -0.15) is 0 Å². The van der Waals surface area contributed by atoms with E-state index >= 15 is 0 Å². The minimum absolute atomic E-state index is 0.309.